The number of hydrogen-bond donors (Lipinski definition) is 3. The number of benzene rings is 1. The lowest BCUT2D eigenvalue weighted by molar-refractivity contribution is 0.0528. The summed E-state index contributed by atoms with van der Waals surface area (Å²) in [6.07, 6.45) is 2.57. The molecule has 32 heavy (non-hydrogen) atoms. The van der Waals surface area contributed by atoms with Gasteiger partial charge in [0, 0.05) is 18.2 Å². The highest BCUT2D eigenvalue weighted by Crippen LogP contribution is 2.41. The molecule has 1 aliphatic carbocycles. The maximum atomic E-state index is 14.3. The Bertz CT molecular complexity index is 1020. The summed E-state index contributed by atoms with van der Waals surface area (Å²) in [6.45, 7) is 7.57. The number of alkyl carbamates (subject to hydrolysis) is 1. The normalized spacial score (nSPS) is 13.5. The second-order valence-electron chi connectivity index (χ2n) is 8.90. The average molecular weight is 444 g/mol. The van der Waals surface area contributed by atoms with Crippen LogP contribution in [0.3, 0.4) is 0 Å². The van der Waals surface area contributed by atoms with E-state index in [0.717, 1.165) is 24.2 Å². The SMILES string of the molecule is CCc1nc(C(N)=O)c(Nc2cc(F)cc(CCNC(=O)OC(C)(C)C)c2)nc1C1CC1. The van der Waals surface area contributed by atoms with Crippen LogP contribution in [0, 0.1) is 5.82 Å². The largest absolute Gasteiger partial charge is 0.444 e. The number of amides is 2. The van der Waals surface area contributed by atoms with Gasteiger partial charge in [-0.1, -0.05) is 6.92 Å². The highest BCUT2D eigenvalue weighted by Gasteiger charge is 2.30. The standard InChI is InChI=1S/C23H30FN5O3/c1-5-17-18(14-6-7-14)29-21(19(28-17)20(25)30)27-16-11-13(10-15(24)12-16)8-9-26-22(31)32-23(2,3)4/h10-12,14H,5-9H2,1-4H3,(H2,25,30)(H,26,31)(H,27,29). The number of aryl methyl sites for hydroxylation is 1. The minimum absolute atomic E-state index is 0.0312. The number of nitrogens with one attached hydrogen (secondary N) is 2. The van der Waals surface area contributed by atoms with E-state index in [1.807, 2.05) is 6.92 Å². The molecule has 2 amide bonds. The molecule has 0 aliphatic heterocycles. The fraction of sp³-hybridized carbons (Fsp3) is 0.478. The average Bonchev–Trinajstić information content (AvgIpc) is 3.50. The Kier molecular flexibility index (Phi) is 6.96. The second kappa shape index (κ2) is 9.50. The summed E-state index contributed by atoms with van der Waals surface area (Å²) in [5.74, 6) is -0.597. The summed E-state index contributed by atoms with van der Waals surface area (Å²) < 4.78 is 19.5. The quantitative estimate of drug-likeness (QED) is 0.568. The van der Waals surface area contributed by atoms with Crippen molar-refractivity contribution in [3.8, 4) is 0 Å². The van der Waals surface area contributed by atoms with Crippen LogP contribution < -0.4 is 16.4 Å². The summed E-state index contributed by atoms with van der Waals surface area (Å²) in [6, 6.07) is 4.43. The van der Waals surface area contributed by atoms with E-state index in [2.05, 4.69) is 20.6 Å². The van der Waals surface area contributed by atoms with E-state index in [0.29, 0.717) is 30.0 Å². The van der Waals surface area contributed by atoms with Gasteiger partial charge >= 0.3 is 6.09 Å². The zero-order valence-electron chi connectivity index (χ0n) is 18.9. The maximum Gasteiger partial charge on any atom is 0.407 e. The molecular weight excluding hydrogens is 413 g/mol. The Morgan fingerprint density at radius 3 is 2.53 bits per heavy atom. The number of anilines is 2. The maximum absolute atomic E-state index is 14.3. The Morgan fingerprint density at radius 1 is 1.22 bits per heavy atom. The van der Waals surface area contributed by atoms with Crippen LogP contribution in [0.4, 0.5) is 20.7 Å². The van der Waals surface area contributed by atoms with Crippen LogP contribution in [0.1, 0.15) is 73.9 Å². The minimum Gasteiger partial charge on any atom is -0.444 e. The van der Waals surface area contributed by atoms with Crippen molar-refractivity contribution in [3.05, 3.63) is 46.7 Å². The molecule has 1 aromatic carbocycles. The topological polar surface area (TPSA) is 119 Å². The number of nitrogens with two attached hydrogens (primary N) is 1. The predicted molar refractivity (Wildman–Crippen MR) is 120 cm³/mol. The Balaban J connectivity index is 1.76. The van der Waals surface area contributed by atoms with Crippen molar-refractivity contribution in [2.75, 3.05) is 11.9 Å². The van der Waals surface area contributed by atoms with Crippen molar-refractivity contribution in [3.63, 3.8) is 0 Å². The van der Waals surface area contributed by atoms with Gasteiger partial charge in [-0.15, -0.1) is 0 Å². The van der Waals surface area contributed by atoms with Crippen molar-refractivity contribution in [1.29, 1.82) is 0 Å². The van der Waals surface area contributed by atoms with Crippen molar-refractivity contribution in [2.45, 2.75) is 64.9 Å². The van der Waals surface area contributed by atoms with Gasteiger partial charge in [-0.3, -0.25) is 4.79 Å². The van der Waals surface area contributed by atoms with E-state index >= 15 is 0 Å². The van der Waals surface area contributed by atoms with Gasteiger partial charge in [-0.2, -0.15) is 0 Å². The zero-order valence-corrected chi connectivity index (χ0v) is 18.9. The lowest BCUT2D eigenvalue weighted by Gasteiger charge is -2.19. The molecule has 1 aromatic heterocycles. The number of primary amides is 1. The number of aromatic nitrogens is 2. The van der Waals surface area contributed by atoms with Gasteiger partial charge in [-0.05, 0) is 70.2 Å². The molecule has 2 aromatic rings. The fourth-order valence-corrected chi connectivity index (χ4v) is 3.31. The van der Waals surface area contributed by atoms with Crippen LogP contribution in [-0.2, 0) is 17.6 Å². The summed E-state index contributed by atoms with van der Waals surface area (Å²) in [5.41, 5.74) is 7.66. The van der Waals surface area contributed by atoms with Gasteiger partial charge in [0.05, 0.1) is 11.4 Å². The first-order chi connectivity index (χ1) is 15.1. The van der Waals surface area contributed by atoms with Crippen LogP contribution in [0.15, 0.2) is 18.2 Å². The molecule has 1 heterocycles. The Hall–Kier alpha value is -3.23. The molecule has 0 spiro atoms. The van der Waals surface area contributed by atoms with Gasteiger partial charge in [-0.25, -0.2) is 19.2 Å². The number of carbonyl (C=O) groups is 2. The first-order valence-electron chi connectivity index (χ1n) is 10.8. The molecule has 1 saturated carbocycles. The number of halogens is 1. The van der Waals surface area contributed by atoms with Gasteiger partial charge in [0.25, 0.3) is 5.91 Å². The van der Waals surface area contributed by atoms with E-state index in [1.165, 1.54) is 12.1 Å². The van der Waals surface area contributed by atoms with E-state index in [4.69, 9.17) is 10.5 Å². The fourth-order valence-electron chi connectivity index (χ4n) is 3.31. The summed E-state index contributed by atoms with van der Waals surface area (Å²) in [5, 5.41) is 5.67. The Morgan fingerprint density at radius 2 is 1.94 bits per heavy atom. The smallest absolute Gasteiger partial charge is 0.407 e. The van der Waals surface area contributed by atoms with Crippen LogP contribution in [0.2, 0.25) is 0 Å². The molecule has 172 valence electrons. The number of nitrogens with zero attached hydrogens (tertiary/aromatic N) is 2. The van der Waals surface area contributed by atoms with E-state index in [-0.39, 0.29) is 18.1 Å². The predicted octanol–water partition coefficient (Wildman–Crippen LogP) is 3.97. The third-order valence-electron chi connectivity index (χ3n) is 4.83. The van der Waals surface area contributed by atoms with Crippen LogP contribution >= 0.6 is 0 Å². The highest BCUT2D eigenvalue weighted by atomic mass is 19.1. The molecular formula is C23H30FN5O3. The second-order valence-corrected chi connectivity index (χ2v) is 8.90. The van der Waals surface area contributed by atoms with Gasteiger partial charge in [0.2, 0.25) is 0 Å². The van der Waals surface area contributed by atoms with Gasteiger partial charge < -0.3 is 21.1 Å². The monoisotopic (exact) mass is 443 g/mol. The number of carbonyl (C=O) groups excluding carboxylic acids is 2. The molecule has 1 aliphatic rings. The molecule has 4 N–H and O–H groups in total. The molecule has 3 rings (SSSR count). The molecule has 0 bridgehead atoms. The number of hydrogen-bond acceptors (Lipinski definition) is 6. The van der Waals surface area contributed by atoms with Crippen LogP contribution in [-0.4, -0.2) is 34.1 Å². The van der Waals surface area contributed by atoms with Crippen LogP contribution in [0.5, 0.6) is 0 Å². The summed E-state index contributed by atoms with van der Waals surface area (Å²) >= 11 is 0. The summed E-state index contributed by atoms with van der Waals surface area (Å²) in [4.78, 5) is 32.8. The molecule has 8 nitrogen and oxygen atoms in total. The number of ether oxygens (including phenoxy) is 1. The van der Waals surface area contributed by atoms with Crippen molar-refractivity contribution >= 4 is 23.5 Å². The molecule has 0 saturated heterocycles. The van der Waals surface area contributed by atoms with Crippen molar-refractivity contribution in [2.24, 2.45) is 5.73 Å². The number of rotatable bonds is 8. The van der Waals surface area contributed by atoms with Gasteiger partial charge in [0.1, 0.15) is 11.4 Å². The molecule has 0 unspecified atom stereocenters. The molecule has 0 atom stereocenters. The molecule has 9 heteroatoms. The van der Waals surface area contributed by atoms with E-state index < -0.39 is 23.4 Å². The van der Waals surface area contributed by atoms with E-state index in [1.54, 1.807) is 26.8 Å². The van der Waals surface area contributed by atoms with Crippen molar-refractivity contribution in [1.82, 2.24) is 15.3 Å². The minimum atomic E-state index is -0.699. The lowest BCUT2D eigenvalue weighted by atomic mass is 10.1. The third-order valence-corrected chi connectivity index (χ3v) is 4.83. The van der Waals surface area contributed by atoms with E-state index in [9.17, 15) is 14.0 Å². The molecule has 1 fully saturated rings. The zero-order chi connectivity index (χ0) is 23.5. The summed E-state index contributed by atoms with van der Waals surface area (Å²) in [7, 11) is 0. The lowest BCUT2D eigenvalue weighted by Crippen LogP contribution is -2.33. The highest BCUT2D eigenvalue weighted by molar-refractivity contribution is 5.96. The first kappa shape index (κ1) is 23.4. The van der Waals surface area contributed by atoms with Crippen molar-refractivity contribution < 1.29 is 18.7 Å². The van der Waals surface area contributed by atoms with Gasteiger partial charge in [0.15, 0.2) is 11.5 Å². The third kappa shape index (κ3) is 6.38. The Labute approximate surface area is 187 Å². The molecule has 0 radical (unpaired) electrons. The van der Waals surface area contributed by atoms with Crippen LogP contribution in [0.25, 0.3) is 0 Å². The first-order valence-corrected chi connectivity index (χ1v) is 10.8.